The van der Waals surface area contributed by atoms with Crippen molar-refractivity contribution >= 4 is 23.6 Å². The number of benzene rings is 1. The van der Waals surface area contributed by atoms with Crippen LogP contribution in [-0.4, -0.2) is 52.2 Å². The molecule has 2 unspecified atom stereocenters. The number of carbonyl (C=O) groups excluding carboxylic acids is 1. The van der Waals surface area contributed by atoms with Crippen LogP contribution in [0.15, 0.2) is 35.5 Å². The zero-order valence-electron chi connectivity index (χ0n) is 19.1. The van der Waals surface area contributed by atoms with Gasteiger partial charge >= 0.3 is 0 Å². The van der Waals surface area contributed by atoms with Crippen molar-refractivity contribution in [3.8, 4) is 0 Å². The fourth-order valence-electron chi connectivity index (χ4n) is 3.69. The van der Waals surface area contributed by atoms with Crippen LogP contribution in [0.3, 0.4) is 0 Å². The predicted molar refractivity (Wildman–Crippen MR) is 125 cm³/mol. The fourth-order valence-corrected chi connectivity index (χ4v) is 4.55. The van der Waals surface area contributed by atoms with E-state index in [0.29, 0.717) is 19.1 Å². The zero-order chi connectivity index (χ0) is 22.2. The van der Waals surface area contributed by atoms with Crippen LogP contribution in [0.4, 0.5) is 5.95 Å². The monoisotopic (exact) mass is 445 g/mol. The number of ether oxygens (including phenoxy) is 1. The molecule has 1 aliphatic rings. The van der Waals surface area contributed by atoms with Gasteiger partial charge in [-0.05, 0) is 24.8 Å². The van der Waals surface area contributed by atoms with Gasteiger partial charge in [0.15, 0.2) is 5.16 Å². The molecule has 31 heavy (non-hydrogen) atoms. The Morgan fingerprint density at radius 3 is 2.52 bits per heavy atom. The molecule has 2 heterocycles. The molecule has 1 N–H and O–H groups in total. The van der Waals surface area contributed by atoms with E-state index in [4.69, 9.17) is 4.74 Å². The third-order valence-electron chi connectivity index (χ3n) is 5.29. The summed E-state index contributed by atoms with van der Waals surface area (Å²) in [4.78, 5) is 15.3. The van der Waals surface area contributed by atoms with Gasteiger partial charge in [-0.1, -0.05) is 69.3 Å². The Hall–Kier alpha value is -2.06. The molecule has 170 valence electrons. The van der Waals surface area contributed by atoms with Crippen molar-refractivity contribution in [2.45, 2.75) is 63.5 Å². The minimum Gasteiger partial charge on any atom is -0.378 e. The summed E-state index contributed by atoms with van der Waals surface area (Å²) in [7, 11) is 0. The molecular formula is C23H35N5O2S. The quantitative estimate of drug-likeness (QED) is 0.559. The van der Waals surface area contributed by atoms with Crippen LogP contribution >= 0.6 is 11.8 Å². The van der Waals surface area contributed by atoms with Gasteiger partial charge in [0.2, 0.25) is 11.9 Å². The Morgan fingerprint density at radius 2 is 1.87 bits per heavy atom. The van der Waals surface area contributed by atoms with Gasteiger partial charge in [0, 0.05) is 19.6 Å². The Bertz CT molecular complexity index is 821. The van der Waals surface area contributed by atoms with Gasteiger partial charge in [-0.3, -0.25) is 9.36 Å². The van der Waals surface area contributed by atoms with E-state index >= 15 is 0 Å². The smallest absolute Gasteiger partial charge is 0.233 e. The van der Waals surface area contributed by atoms with E-state index in [2.05, 4.69) is 57.9 Å². The predicted octanol–water partition coefficient (Wildman–Crippen LogP) is 3.91. The second-order valence-corrected chi connectivity index (χ2v) is 9.72. The van der Waals surface area contributed by atoms with E-state index in [0.717, 1.165) is 49.1 Å². The highest BCUT2D eigenvalue weighted by atomic mass is 32.2. The third kappa shape index (κ3) is 6.46. The van der Waals surface area contributed by atoms with Crippen LogP contribution in [-0.2, 0) is 16.1 Å². The molecule has 1 fully saturated rings. The minimum absolute atomic E-state index is 0.0270. The van der Waals surface area contributed by atoms with E-state index in [1.54, 1.807) is 0 Å². The molecule has 0 saturated carbocycles. The van der Waals surface area contributed by atoms with E-state index in [9.17, 15) is 4.79 Å². The van der Waals surface area contributed by atoms with Gasteiger partial charge in [-0.25, -0.2) is 0 Å². The molecule has 1 saturated heterocycles. The molecule has 1 aliphatic heterocycles. The zero-order valence-corrected chi connectivity index (χ0v) is 19.9. The van der Waals surface area contributed by atoms with Gasteiger partial charge in [0.25, 0.3) is 0 Å². The molecule has 8 heteroatoms. The number of hydrogen-bond acceptors (Lipinski definition) is 6. The number of hydrogen-bond donors (Lipinski definition) is 1. The standard InChI is InChI=1S/C23H35N5O2S/c1-5-9-20(19-10-7-6-8-11-19)24-21(29)18(4)31-23-26-25-22(28(23)16-17(2)3)27-12-14-30-15-13-27/h6-8,10-11,17-18,20H,5,9,12-16H2,1-4H3,(H,24,29). The summed E-state index contributed by atoms with van der Waals surface area (Å²) >= 11 is 1.48. The van der Waals surface area contributed by atoms with Crippen molar-refractivity contribution in [1.29, 1.82) is 0 Å². The van der Waals surface area contributed by atoms with E-state index in [-0.39, 0.29) is 17.2 Å². The molecule has 3 rings (SSSR count). The van der Waals surface area contributed by atoms with Gasteiger partial charge in [-0.15, -0.1) is 10.2 Å². The normalized spacial score (nSPS) is 16.4. The van der Waals surface area contributed by atoms with Crippen molar-refractivity contribution < 1.29 is 9.53 Å². The average Bonchev–Trinajstić information content (AvgIpc) is 3.16. The SMILES string of the molecule is CCCC(NC(=O)C(C)Sc1nnc(N2CCOCC2)n1CC(C)C)c1ccccc1. The first-order chi connectivity index (χ1) is 15.0. The summed E-state index contributed by atoms with van der Waals surface area (Å²) in [6.45, 7) is 12.3. The van der Waals surface area contributed by atoms with Crippen LogP contribution in [0.25, 0.3) is 0 Å². The maximum atomic E-state index is 13.0. The number of nitrogens with one attached hydrogen (secondary N) is 1. The number of morpholine rings is 1. The molecule has 2 atom stereocenters. The maximum absolute atomic E-state index is 13.0. The number of nitrogens with zero attached hydrogens (tertiary/aromatic N) is 4. The van der Waals surface area contributed by atoms with Crippen molar-refractivity contribution in [3.05, 3.63) is 35.9 Å². The van der Waals surface area contributed by atoms with Crippen molar-refractivity contribution in [2.24, 2.45) is 5.92 Å². The molecule has 1 amide bonds. The number of aromatic nitrogens is 3. The fraction of sp³-hybridized carbons (Fsp3) is 0.609. The first-order valence-corrected chi connectivity index (χ1v) is 12.2. The van der Waals surface area contributed by atoms with Crippen LogP contribution in [0.1, 0.15) is 52.1 Å². The first-order valence-electron chi connectivity index (χ1n) is 11.3. The highest BCUT2D eigenvalue weighted by molar-refractivity contribution is 8.00. The molecule has 1 aromatic carbocycles. The lowest BCUT2D eigenvalue weighted by atomic mass is 10.0. The molecular weight excluding hydrogens is 410 g/mol. The molecule has 0 bridgehead atoms. The van der Waals surface area contributed by atoms with Gasteiger partial charge < -0.3 is 15.0 Å². The van der Waals surface area contributed by atoms with E-state index in [1.807, 2.05) is 25.1 Å². The Labute approximate surface area is 189 Å². The molecule has 2 aromatic rings. The third-order valence-corrected chi connectivity index (χ3v) is 6.37. The second kappa shape index (κ2) is 11.5. The van der Waals surface area contributed by atoms with E-state index < -0.39 is 0 Å². The molecule has 0 aliphatic carbocycles. The van der Waals surface area contributed by atoms with Crippen LogP contribution in [0.5, 0.6) is 0 Å². The first kappa shape index (κ1) is 23.6. The number of rotatable bonds is 10. The number of carbonyl (C=O) groups is 1. The molecule has 7 nitrogen and oxygen atoms in total. The Morgan fingerprint density at radius 1 is 1.16 bits per heavy atom. The lowest BCUT2D eigenvalue weighted by Gasteiger charge is -2.28. The van der Waals surface area contributed by atoms with Crippen molar-refractivity contribution in [1.82, 2.24) is 20.1 Å². The summed E-state index contributed by atoms with van der Waals surface area (Å²) in [5.74, 6) is 1.35. The maximum Gasteiger partial charge on any atom is 0.233 e. The highest BCUT2D eigenvalue weighted by Crippen LogP contribution is 2.28. The second-order valence-electron chi connectivity index (χ2n) is 8.41. The number of amides is 1. The largest absolute Gasteiger partial charge is 0.378 e. The summed E-state index contributed by atoms with van der Waals surface area (Å²) in [5, 5.41) is 12.7. The summed E-state index contributed by atoms with van der Waals surface area (Å²) in [6, 6.07) is 10.2. The Balaban J connectivity index is 1.71. The number of anilines is 1. The highest BCUT2D eigenvalue weighted by Gasteiger charge is 2.25. The van der Waals surface area contributed by atoms with Crippen LogP contribution in [0.2, 0.25) is 0 Å². The average molecular weight is 446 g/mol. The summed E-state index contributed by atoms with van der Waals surface area (Å²) in [5.41, 5.74) is 1.15. The topological polar surface area (TPSA) is 72.3 Å². The molecule has 0 spiro atoms. The number of thioether (sulfide) groups is 1. The van der Waals surface area contributed by atoms with Crippen LogP contribution in [0, 0.1) is 5.92 Å². The van der Waals surface area contributed by atoms with E-state index in [1.165, 1.54) is 11.8 Å². The lowest BCUT2D eigenvalue weighted by molar-refractivity contribution is -0.121. The summed E-state index contributed by atoms with van der Waals surface area (Å²) in [6.07, 6.45) is 1.92. The van der Waals surface area contributed by atoms with Gasteiger partial charge in [0.1, 0.15) is 0 Å². The Kier molecular flexibility index (Phi) is 8.78. The van der Waals surface area contributed by atoms with Crippen LogP contribution < -0.4 is 10.2 Å². The molecule has 1 aromatic heterocycles. The minimum atomic E-state index is -0.268. The lowest BCUT2D eigenvalue weighted by Crippen LogP contribution is -2.38. The van der Waals surface area contributed by atoms with Crippen molar-refractivity contribution in [3.63, 3.8) is 0 Å². The van der Waals surface area contributed by atoms with Crippen molar-refractivity contribution in [2.75, 3.05) is 31.2 Å². The molecule has 0 radical (unpaired) electrons. The van der Waals surface area contributed by atoms with Gasteiger partial charge in [-0.2, -0.15) is 0 Å². The van der Waals surface area contributed by atoms with Gasteiger partial charge in [0.05, 0.1) is 24.5 Å². The summed E-state index contributed by atoms with van der Waals surface area (Å²) < 4.78 is 7.64.